The van der Waals surface area contributed by atoms with Gasteiger partial charge in [0.25, 0.3) is 0 Å². The maximum atomic E-state index is 4.65. The Morgan fingerprint density at radius 1 is 1.00 bits per heavy atom. The lowest BCUT2D eigenvalue weighted by Gasteiger charge is -2.11. The van der Waals surface area contributed by atoms with Gasteiger partial charge < -0.3 is 0 Å². The molecule has 2 heteroatoms. The van der Waals surface area contributed by atoms with E-state index >= 15 is 0 Å². The number of aryl methyl sites for hydroxylation is 1. The van der Waals surface area contributed by atoms with E-state index in [4.69, 9.17) is 0 Å². The van der Waals surface area contributed by atoms with E-state index in [0.717, 1.165) is 12.8 Å². The number of thiophene rings is 1. The summed E-state index contributed by atoms with van der Waals surface area (Å²) in [6, 6.07) is 19.2. The molecular formula is C19H19NS. The lowest BCUT2D eigenvalue weighted by atomic mass is 9.97. The Bertz CT molecular complexity index is 657. The molecular weight excluding hydrogens is 274 g/mol. The maximum Gasteiger partial charge on any atom is 0.0432 e. The minimum atomic E-state index is 0.489. The van der Waals surface area contributed by atoms with E-state index in [1.54, 1.807) is 11.3 Å². The molecule has 0 radical (unpaired) electrons. The predicted molar refractivity (Wildman–Crippen MR) is 90.7 cm³/mol. The molecule has 0 aliphatic carbocycles. The van der Waals surface area contributed by atoms with Crippen molar-refractivity contribution in [2.45, 2.75) is 25.7 Å². The van der Waals surface area contributed by atoms with Crippen LogP contribution in [0.15, 0.2) is 66.2 Å². The fraction of sp³-hybridized carbons (Fsp3) is 0.211. The second kappa shape index (κ2) is 6.68. The summed E-state index contributed by atoms with van der Waals surface area (Å²) in [6.45, 7) is 2.26. The zero-order valence-corrected chi connectivity index (χ0v) is 13.0. The molecule has 0 saturated heterocycles. The highest BCUT2D eigenvalue weighted by Gasteiger charge is 2.08. The van der Waals surface area contributed by atoms with E-state index in [1.165, 1.54) is 21.7 Å². The number of hydrogen-bond acceptors (Lipinski definition) is 2. The number of nitrogens with zero attached hydrogens (tertiary/aromatic N) is 1. The van der Waals surface area contributed by atoms with Gasteiger partial charge in [-0.1, -0.05) is 49.4 Å². The van der Waals surface area contributed by atoms with Crippen LogP contribution in [0.25, 0.3) is 10.4 Å². The Morgan fingerprint density at radius 3 is 2.52 bits per heavy atom. The molecule has 0 saturated carbocycles. The first kappa shape index (κ1) is 14.0. The monoisotopic (exact) mass is 293 g/mol. The summed E-state index contributed by atoms with van der Waals surface area (Å²) in [5.41, 5.74) is 3.80. The van der Waals surface area contributed by atoms with Crippen LogP contribution < -0.4 is 0 Å². The molecule has 106 valence electrons. The SMILES string of the molecule is CC(CCc1ccccc1)c1ccc(-c2cccs2)cn1. The van der Waals surface area contributed by atoms with Gasteiger partial charge in [0.05, 0.1) is 0 Å². The van der Waals surface area contributed by atoms with Crippen molar-refractivity contribution in [2.75, 3.05) is 0 Å². The van der Waals surface area contributed by atoms with Crippen molar-refractivity contribution >= 4 is 11.3 Å². The van der Waals surface area contributed by atoms with E-state index in [-0.39, 0.29) is 0 Å². The van der Waals surface area contributed by atoms with E-state index < -0.39 is 0 Å². The molecule has 2 aromatic heterocycles. The molecule has 0 fully saturated rings. The molecule has 0 N–H and O–H groups in total. The third-order valence-corrected chi connectivity index (χ3v) is 4.72. The summed E-state index contributed by atoms with van der Waals surface area (Å²) >= 11 is 1.76. The van der Waals surface area contributed by atoms with E-state index in [0.29, 0.717) is 5.92 Å². The number of benzene rings is 1. The van der Waals surface area contributed by atoms with Gasteiger partial charge in [0, 0.05) is 22.3 Å². The first-order chi connectivity index (χ1) is 10.3. The van der Waals surface area contributed by atoms with Gasteiger partial charge in [0.15, 0.2) is 0 Å². The summed E-state index contributed by atoms with van der Waals surface area (Å²) < 4.78 is 0. The molecule has 0 spiro atoms. The summed E-state index contributed by atoms with van der Waals surface area (Å²) in [6.07, 6.45) is 4.24. The molecule has 21 heavy (non-hydrogen) atoms. The van der Waals surface area contributed by atoms with Crippen LogP contribution in [0.5, 0.6) is 0 Å². The van der Waals surface area contributed by atoms with Gasteiger partial charge in [-0.15, -0.1) is 11.3 Å². The van der Waals surface area contributed by atoms with Crippen LogP contribution in [-0.2, 0) is 6.42 Å². The summed E-state index contributed by atoms with van der Waals surface area (Å²) in [7, 11) is 0. The van der Waals surface area contributed by atoms with Crippen molar-refractivity contribution < 1.29 is 0 Å². The highest BCUT2D eigenvalue weighted by Crippen LogP contribution is 2.26. The Kier molecular flexibility index (Phi) is 4.46. The van der Waals surface area contributed by atoms with Gasteiger partial charge in [0.1, 0.15) is 0 Å². The fourth-order valence-corrected chi connectivity index (χ4v) is 3.18. The van der Waals surface area contributed by atoms with Crippen molar-refractivity contribution in [3.63, 3.8) is 0 Å². The summed E-state index contributed by atoms with van der Waals surface area (Å²) in [5, 5.41) is 2.10. The molecule has 0 bridgehead atoms. The summed E-state index contributed by atoms with van der Waals surface area (Å²) in [5.74, 6) is 0.489. The van der Waals surface area contributed by atoms with Gasteiger partial charge in [-0.2, -0.15) is 0 Å². The Morgan fingerprint density at radius 2 is 1.86 bits per heavy atom. The first-order valence-electron chi connectivity index (χ1n) is 7.36. The Labute approximate surface area is 130 Å². The predicted octanol–water partition coefficient (Wildman–Crippen LogP) is 5.55. The Balaban J connectivity index is 1.64. The van der Waals surface area contributed by atoms with Crippen LogP contribution in [0.2, 0.25) is 0 Å². The minimum absolute atomic E-state index is 0.489. The smallest absolute Gasteiger partial charge is 0.0432 e. The molecule has 2 heterocycles. The zero-order valence-electron chi connectivity index (χ0n) is 12.2. The lowest BCUT2D eigenvalue weighted by molar-refractivity contribution is 0.661. The topological polar surface area (TPSA) is 12.9 Å². The molecule has 1 atom stereocenters. The van der Waals surface area contributed by atoms with Crippen molar-refractivity contribution in [1.29, 1.82) is 0 Å². The average molecular weight is 293 g/mol. The largest absolute Gasteiger partial charge is 0.260 e. The molecule has 3 aromatic rings. The average Bonchev–Trinajstić information content (AvgIpc) is 3.08. The molecule has 0 aliphatic rings. The molecule has 0 amide bonds. The number of pyridine rings is 1. The molecule has 0 aliphatic heterocycles. The first-order valence-corrected chi connectivity index (χ1v) is 8.24. The minimum Gasteiger partial charge on any atom is -0.260 e. The number of aromatic nitrogens is 1. The van der Waals surface area contributed by atoms with Crippen LogP contribution >= 0.6 is 11.3 Å². The highest BCUT2D eigenvalue weighted by atomic mass is 32.1. The zero-order chi connectivity index (χ0) is 14.5. The van der Waals surface area contributed by atoms with Crippen molar-refractivity contribution in [3.05, 3.63) is 77.4 Å². The van der Waals surface area contributed by atoms with Crippen LogP contribution in [0, 0.1) is 0 Å². The number of rotatable bonds is 5. The van der Waals surface area contributed by atoms with Gasteiger partial charge in [-0.05, 0) is 41.8 Å². The summed E-state index contributed by atoms with van der Waals surface area (Å²) in [4.78, 5) is 5.94. The van der Waals surface area contributed by atoms with Gasteiger partial charge in [0.2, 0.25) is 0 Å². The molecule has 1 aromatic carbocycles. The second-order valence-corrected chi connectivity index (χ2v) is 6.32. The van der Waals surface area contributed by atoms with Crippen molar-refractivity contribution in [2.24, 2.45) is 0 Å². The van der Waals surface area contributed by atoms with Gasteiger partial charge in [-0.25, -0.2) is 0 Å². The van der Waals surface area contributed by atoms with Gasteiger partial charge in [-0.3, -0.25) is 4.98 Å². The molecule has 1 unspecified atom stereocenters. The van der Waals surface area contributed by atoms with E-state index in [1.807, 2.05) is 6.20 Å². The van der Waals surface area contributed by atoms with Crippen LogP contribution in [-0.4, -0.2) is 4.98 Å². The third kappa shape index (κ3) is 3.59. The molecule has 1 nitrogen and oxygen atoms in total. The quantitative estimate of drug-likeness (QED) is 0.601. The maximum absolute atomic E-state index is 4.65. The van der Waals surface area contributed by atoms with E-state index in [2.05, 4.69) is 71.9 Å². The fourth-order valence-electron chi connectivity index (χ4n) is 2.46. The standard InChI is InChI=1S/C19H19NS/c1-15(9-10-16-6-3-2-4-7-16)18-12-11-17(14-20-18)19-8-5-13-21-19/h2-8,11-15H,9-10H2,1H3. The Hall–Kier alpha value is -1.93. The third-order valence-electron chi connectivity index (χ3n) is 3.81. The van der Waals surface area contributed by atoms with E-state index in [9.17, 15) is 0 Å². The number of hydrogen-bond donors (Lipinski definition) is 0. The second-order valence-electron chi connectivity index (χ2n) is 5.37. The normalized spacial score (nSPS) is 12.2. The van der Waals surface area contributed by atoms with Gasteiger partial charge >= 0.3 is 0 Å². The lowest BCUT2D eigenvalue weighted by Crippen LogP contribution is -1.99. The van der Waals surface area contributed by atoms with Crippen LogP contribution in [0.3, 0.4) is 0 Å². The van der Waals surface area contributed by atoms with Crippen LogP contribution in [0.1, 0.15) is 30.5 Å². The van der Waals surface area contributed by atoms with Crippen molar-refractivity contribution in [1.82, 2.24) is 4.98 Å². The highest BCUT2D eigenvalue weighted by molar-refractivity contribution is 7.13. The van der Waals surface area contributed by atoms with Crippen LogP contribution in [0.4, 0.5) is 0 Å². The molecule has 3 rings (SSSR count). The van der Waals surface area contributed by atoms with Crippen molar-refractivity contribution in [3.8, 4) is 10.4 Å².